The van der Waals surface area contributed by atoms with Gasteiger partial charge in [0.05, 0.1) is 7.11 Å². The van der Waals surface area contributed by atoms with Crippen LogP contribution in [-0.4, -0.2) is 53.5 Å². The number of rotatable bonds is 8. The van der Waals surface area contributed by atoms with Gasteiger partial charge in [-0.1, -0.05) is 48.0 Å². The zero-order chi connectivity index (χ0) is 24.0. The number of para-hydroxylation sites is 1. The molecule has 7 heteroatoms. The number of carbonyl (C=O) groups is 3. The number of nitrogens with zero attached hydrogens (tertiary/aromatic N) is 2. The van der Waals surface area contributed by atoms with Crippen molar-refractivity contribution in [1.29, 1.82) is 0 Å². The van der Waals surface area contributed by atoms with Crippen molar-refractivity contribution in [3.8, 4) is 5.75 Å². The van der Waals surface area contributed by atoms with Gasteiger partial charge >= 0.3 is 12.1 Å². The molecule has 33 heavy (non-hydrogen) atoms. The van der Waals surface area contributed by atoms with Gasteiger partial charge in [-0.05, 0) is 50.8 Å². The molecule has 0 aromatic heterocycles. The summed E-state index contributed by atoms with van der Waals surface area (Å²) in [6.45, 7) is 6.90. The second-order valence-electron chi connectivity index (χ2n) is 8.70. The average molecular weight is 453 g/mol. The quantitative estimate of drug-likeness (QED) is 0.560. The van der Waals surface area contributed by atoms with Gasteiger partial charge in [0.15, 0.2) is 0 Å². The van der Waals surface area contributed by atoms with Crippen molar-refractivity contribution >= 4 is 18.0 Å². The Morgan fingerprint density at radius 1 is 1.06 bits per heavy atom. The van der Waals surface area contributed by atoms with Crippen LogP contribution in [0.4, 0.5) is 4.79 Å². The summed E-state index contributed by atoms with van der Waals surface area (Å²) < 4.78 is 10.3. The topological polar surface area (TPSA) is 76.2 Å². The Morgan fingerprint density at radius 3 is 2.36 bits per heavy atom. The number of carbonyl (C=O) groups excluding carboxylic acids is 3. The van der Waals surface area contributed by atoms with Gasteiger partial charge in [-0.2, -0.15) is 0 Å². The van der Waals surface area contributed by atoms with Gasteiger partial charge in [0.2, 0.25) is 5.91 Å². The molecular weight excluding hydrogens is 420 g/mol. The first-order chi connectivity index (χ1) is 15.7. The molecule has 0 radical (unpaired) electrons. The molecule has 176 valence electrons. The zero-order valence-corrected chi connectivity index (χ0v) is 19.8. The molecule has 1 atom stereocenters. The summed E-state index contributed by atoms with van der Waals surface area (Å²) in [6.07, 6.45) is 0.727. The van der Waals surface area contributed by atoms with Crippen LogP contribution < -0.4 is 4.74 Å². The molecule has 1 fully saturated rings. The van der Waals surface area contributed by atoms with Crippen molar-refractivity contribution < 1.29 is 23.9 Å². The third-order valence-electron chi connectivity index (χ3n) is 6.21. The van der Waals surface area contributed by atoms with E-state index in [-0.39, 0.29) is 18.3 Å². The first-order valence-corrected chi connectivity index (χ1v) is 11.2. The maximum absolute atomic E-state index is 13.7. The Balaban J connectivity index is 1.74. The number of amides is 2. The first kappa shape index (κ1) is 24.3. The number of benzene rings is 2. The molecule has 0 spiro atoms. The molecule has 0 aliphatic carbocycles. The van der Waals surface area contributed by atoms with Crippen LogP contribution in [0.2, 0.25) is 0 Å². The number of hydrogen-bond acceptors (Lipinski definition) is 5. The van der Waals surface area contributed by atoms with E-state index in [1.54, 1.807) is 24.0 Å². The van der Waals surface area contributed by atoms with Crippen molar-refractivity contribution in [2.24, 2.45) is 0 Å². The van der Waals surface area contributed by atoms with Crippen LogP contribution in [0.5, 0.6) is 5.75 Å². The van der Waals surface area contributed by atoms with Crippen LogP contribution in [0.15, 0.2) is 48.5 Å². The Labute approximate surface area is 195 Å². The van der Waals surface area contributed by atoms with E-state index in [0.717, 1.165) is 16.7 Å². The van der Waals surface area contributed by atoms with Crippen LogP contribution in [0.1, 0.15) is 42.9 Å². The van der Waals surface area contributed by atoms with E-state index in [1.807, 2.05) is 50.2 Å². The molecule has 1 aliphatic rings. The van der Waals surface area contributed by atoms with Gasteiger partial charge < -0.3 is 14.4 Å². The summed E-state index contributed by atoms with van der Waals surface area (Å²) >= 11 is 0. The van der Waals surface area contributed by atoms with E-state index < -0.39 is 11.6 Å². The van der Waals surface area contributed by atoms with E-state index in [9.17, 15) is 14.4 Å². The number of likely N-dealkylation sites (tertiary alicyclic amines) is 1. The second-order valence-corrected chi connectivity index (χ2v) is 8.70. The molecule has 0 bridgehead atoms. The lowest BCUT2D eigenvalue weighted by Gasteiger charge is -2.49. The summed E-state index contributed by atoms with van der Waals surface area (Å²) in [5.41, 5.74) is 1.99. The predicted octanol–water partition coefficient (Wildman–Crippen LogP) is 4.25. The highest BCUT2D eigenvalue weighted by molar-refractivity contribution is 5.91. The van der Waals surface area contributed by atoms with Crippen molar-refractivity contribution in [3.63, 3.8) is 0 Å². The Hall–Kier alpha value is -3.35. The van der Waals surface area contributed by atoms with Crippen LogP contribution in [-0.2, 0) is 20.9 Å². The lowest BCUT2D eigenvalue weighted by molar-refractivity contribution is -0.151. The average Bonchev–Trinajstić information content (AvgIpc) is 2.79. The van der Waals surface area contributed by atoms with Gasteiger partial charge in [-0.15, -0.1) is 0 Å². The highest BCUT2D eigenvalue weighted by Gasteiger charge is 2.52. The highest BCUT2D eigenvalue weighted by atomic mass is 16.6. The summed E-state index contributed by atoms with van der Waals surface area (Å²) in [4.78, 5) is 41.3. The number of hydrogen-bond donors (Lipinski definition) is 0. The van der Waals surface area contributed by atoms with Gasteiger partial charge in [0, 0.05) is 26.1 Å². The van der Waals surface area contributed by atoms with Gasteiger partial charge in [-0.3, -0.25) is 14.5 Å². The molecule has 1 aliphatic heterocycles. The Bertz CT molecular complexity index is 1000. The molecule has 2 aromatic carbocycles. The molecule has 2 aromatic rings. The molecule has 1 saturated heterocycles. The minimum atomic E-state index is -0.990. The van der Waals surface area contributed by atoms with Gasteiger partial charge in [-0.25, -0.2) is 4.79 Å². The number of ether oxygens (including phenoxy) is 2. The normalized spacial score (nSPS) is 17.2. The van der Waals surface area contributed by atoms with Crippen molar-refractivity contribution in [3.05, 3.63) is 65.2 Å². The van der Waals surface area contributed by atoms with Gasteiger partial charge in [0.25, 0.3) is 0 Å². The highest BCUT2D eigenvalue weighted by Crippen LogP contribution is 2.34. The maximum Gasteiger partial charge on any atom is 0.416 e. The van der Waals surface area contributed by atoms with Crippen LogP contribution in [0.25, 0.3) is 0 Å². The smallest absolute Gasteiger partial charge is 0.416 e. The summed E-state index contributed by atoms with van der Waals surface area (Å²) in [5, 5.41) is 0. The van der Waals surface area contributed by atoms with Crippen LogP contribution >= 0.6 is 0 Å². The standard InChI is InChI=1S/C26H32N2O5/c1-19-11-13-21(14-12-19)18-27(16-7-10-23(29)32-4)24(30)26(3)15-17-28(26)25(31)33-22-9-6-5-8-20(22)2/h5-6,8-9,11-14H,7,10,15-18H2,1-4H3. The number of aryl methyl sites for hydroxylation is 2. The molecule has 7 nitrogen and oxygen atoms in total. The molecule has 3 rings (SSSR count). The minimum Gasteiger partial charge on any atom is -0.469 e. The third kappa shape index (κ3) is 5.72. The second kappa shape index (κ2) is 10.5. The number of esters is 1. The molecule has 0 N–H and O–H groups in total. The lowest BCUT2D eigenvalue weighted by Crippen LogP contribution is -2.68. The fourth-order valence-corrected chi connectivity index (χ4v) is 3.92. The predicted molar refractivity (Wildman–Crippen MR) is 125 cm³/mol. The van der Waals surface area contributed by atoms with Gasteiger partial charge in [0.1, 0.15) is 11.3 Å². The van der Waals surface area contributed by atoms with E-state index >= 15 is 0 Å². The maximum atomic E-state index is 13.7. The summed E-state index contributed by atoms with van der Waals surface area (Å²) in [5.74, 6) is 0.0238. The van der Waals surface area contributed by atoms with E-state index in [0.29, 0.717) is 38.2 Å². The Morgan fingerprint density at radius 2 is 1.76 bits per heavy atom. The van der Waals surface area contributed by atoms with E-state index in [2.05, 4.69) is 0 Å². The minimum absolute atomic E-state index is 0.152. The van der Waals surface area contributed by atoms with Crippen molar-refractivity contribution in [1.82, 2.24) is 9.80 Å². The van der Waals surface area contributed by atoms with Crippen LogP contribution in [0, 0.1) is 13.8 Å². The number of methoxy groups -OCH3 is 1. The third-order valence-corrected chi connectivity index (χ3v) is 6.21. The molecule has 1 unspecified atom stereocenters. The Kier molecular flexibility index (Phi) is 7.74. The lowest BCUT2D eigenvalue weighted by atomic mass is 9.85. The van der Waals surface area contributed by atoms with Crippen molar-refractivity contribution in [2.45, 2.75) is 52.1 Å². The van der Waals surface area contributed by atoms with E-state index in [1.165, 1.54) is 12.0 Å². The first-order valence-electron chi connectivity index (χ1n) is 11.2. The molecule has 1 heterocycles. The molecule has 0 saturated carbocycles. The monoisotopic (exact) mass is 452 g/mol. The zero-order valence-electron chi connectivity index (χ0n) is 19.8. The SMILES string of the molecule is COC(=O)CCCN(Cc1ccc(C)cc1)C(=O)C1(C)CCN1C(=O)Oc1ccccc1C. The summed E-state index contributed by atoms with van der Waals surface area (Å²) in [6, 6.07) is 15.3. The largest absolute Gasteiger partial charge is 0.469 e. The molecular formula is C26H32N2O5. The fraction of sp³-hybridized carbons (Fsp3) is 0.423. The van der Waals surface area contributed by atoms with Crippen molar-refractivity contribution in [2.75, 3.05) is 20.2 Å². The molecule has 2 amide bonds. The fourth-order valence-electron chi connectivity index (χ4n) is 3.92. The van der Waals surface area contributed by atoms with Crippen LogP contribution in [0.3, 0.4) is 0 Å². The summed E-state index contributed by atoms with van der Waals surface area (Å²) in [7, 11) is 1.35. The van der Waals surface area contributed by atoms with E-state index in [4.69, 9.17) is 9.47 Å².